The summed E-state index contributed by atoms with van der Waals surface area (Å²) < 4.78 is 2.01. The van der Waals surface area contributed by atoms with Crippen molar-refractivity contribution in [1.29, 1.82) is 0 Å². The fourth-order valence-electron chi connectivity index (χ4n) is 1.48. The number of fused-ring (bicyclic) bond motifs is 1. The third-order valence-electron chi connectivity index (χ3n) is 2.26. The minimum atomic E-state index is 0.260. The van der Waals surface area contributed by atoms with Gasteiger partial charge in [-0.05, 0) is 44.0 Å². The number of imidazole rings is 1. The minimum Gasteiger partial charge on any atom is -0.336 e. The van der Waals surface area contributed by atoms with E-state index in [-0.39, 0.29) is 5.15 Å². The Morgan fingerprint density at radius 3 is 2.61 bits per heavy atom. The Morgan fingerprint density at radius 2 is 1.94 bits per heavy atom. The zero-order valence-corrected chi connectivity index (χ0v) is 14.0. The van der Waals surface area contributed by atoms with Crippen LogP contribution in [-0.4, -0.2) is 15.0 Å². The van der Waals surface area contributed by atoms with E-state index < -0.39 is 0 Å². The van der Waals surface area contributed by atoms with Gasteiger partial charge < -0.3 is 4.98 Å². The third-order valence-corrected chi connectivity index (χ3v) is 6.20. The van der Waals surface area contributed by atoms with Gasteiger partial charge in [-0.1, -0.05) is 23.2 Å². The number of aromatic nitrogens is 3. The second-order valence-electron chi connectivity index (χ2n) is 3.45. The summed E-state index contributed by atoms with van der Waals surface area (Å²) >= 11 is 20.3. The lowest BCUT2D eigenvalue weighted by Crippen LogP contribution is -1.79. The first kappa shape index (κ1) is 12.9. The van der Waals surface area contributed by atoms with Gasteiger partial charge in [0.25, 0.3) is 0 Å². The van der Waals surface area contributed by atoms with Gasteiger partial charge in [-0.2, -0.15) is 0 Å². The molecule has 0 aliphatic carbocycles. The van der Waals surface area contributed by atoms with Crippen LogP contribution in [0.1, 0.15) is 0 Å². The lowest BCUT2D eigenvalue weighted by molar-refractivity contribution is 1.31. The number of hydrogen-bond acceptors (Lipinski definition) is 3. The Morgan fingerprint density at radius 1 is 1.17 bits per heavy atom. The normalized spacial score (nSPS) is 11.3. The molecule has 0 saturated heterocycles. The number of hydrogen-bond donors (Lipinski definition) is 1. The summed E-state index contributed by atoms with van der Waals surface area (Å²) in [6.45, 7) is 0. The van der Waals surface area contributed by atoms with Crippen LogP contribution in [0, 0.1) is 0 Å². The first-order valence-electron chi connectivity index (χ1n) is 4.71. The van der Waals surface area contributed by atoms with E-state index in [1.165, 1.54) is 0 Å². The smallest absolute Gasteiger partial charge is 0.179 e. The van der Waals surface area contributed by atoms with Gasteiger partial charge in [-0.15, -0.1) is 11.3 Å². The molecule has 0 bridgehead atoms. The van der Waals surface area contributed by atoms with Gasteiger partial charge in [0.2, 0.25) is 0 Å². The van der Waals surface area contributed by atoms with E-state index in [1.807, 2.05) is 6.07 Å². The molecule has 8 heteroatoms. The highest BCUT2D eigenvalue weighted by Gasteiger charge is 2.12. The molecule has 0 aromatic carbocycles. The predicted molar refractivity (Wildman–Crippen MR) is 82.6 cm³/mol. The molecule has 0 saturated carbocycles. The second kappa shape index (κ2) is 4.76. The SMILES string of the molecule is Clc1cc2[nH]c(-c3cc(Br)c(Br)s3)nc2nc1Cl. The van der Waals surface area contributed by atoms with Gasteiger partial charge in [0, 0.05) is 4.47 Å². The molecule has 3 rings (SSSR count). The Bertz CT molecular complexity index is 694. The van der Waals surface area contributed by atoms with Crippen molar-refractivity contribution in [1.82, 2.24) is 15.0 Å². The van der Waals surface area contributed by atoms with Crippen molar-refractivity contribution in [3.8, 4) is 10.7 Å². The fourth-order valence-corrected chi connectivity index (χ4v) is 3.74. The molecule has 0 fully saturated rings. The molecular weight excluding hydrogens is 425 g/mol. The molecule has 3 heterocycles. The Hall–Kier alpha value is -0.140. The van der Waals surface area contributed by atoms with Gasteiger partial charge in [0.1, 0.15) is 5.15 Å². The van der Waals surface area contributed by atoms with Crippen LogP contribution in [-0.2, 0) is 0 Å². The van der Waals surface area contributed by atoms with Gasteiger partial charge in [-0.3, -0.25) is 0 Å². The van der Waals surface area contributed by atoms with Crippen LogP contribution in [0.5, 0.6) is 0 Å². The first-order valence-corrected chi connectivity index (χ1v) is 7.87. The lowest BCUT2D eigenvalue weighted by atomic mass is 10.4. The third kappa shape index (κ3) is 2.20. The number of halogens is 4. The molecule has 0 aliphatic rings. The Kier molecular flexibility index (Phi) is 3.40. The van der Waals surface area contributed by atoms with Gasteiger partial charge in [0.15, 0.2) is 11.5 Å². The summed E-state index contributed by atoms with van der Waals surface area (Å²) in [6.07, 6.45) is 0. The largest absolute Gasteiger partial charge is 0.336 e. The van der Waals surface area contributed by atoms with Crippen LogP contribution in [0.25, 0.3) is 21.9 Å². The fraction of sp³-hybridized carbons (Fsp3) is 0. The monoisotopic (exact) mass is 425 g/mol. The molecule has 18 heavy (non-hydrogen) atoms. The molecule has 0 aliphatic heterocycles. The summed E-state index contributed by atoms with van der Waals surface area (Å²) in [4.78, 5) is 12.7. The molecule has 0 radical (unpaired) electrons. The van der Waals surface area contributed by atoms with Crippen molar-refractivity contribution < 1.29 is 0 Å². The molecule has 3 nitrogen and oxygen atoms in total. The van der Waals surface area contributed by atoms with E-state index in [2.05, 4.69) is 46.8 Å². The topological polar surface area (TPSA) is 41.6 Å². The highest BCUT2D eigenvalue weighted by atomic mass is 79.9. The van der Waals surface area contributed by atoms with Crippen molar-refractivity contribution in [2.24, 2.45) is 0 Å². The zero-order chi connectivity index (χ0) is 12.9. The van der Waals surface area contributed by atoms with Crippen molar-refractivity contribution in [2.75, 3.05) is 0 Å². The van der Waals surface area contributed by atoms with Crippen LogP contribution < -0.4 is 0 Å². The summed E-state index contributed by atoms with van der Waals surface area (Å²) in [5, 5.41) is 0.670. The molecule has 3 aromatic heterocycles. The predicted octanol–water partition coefficient (Wildman–Crippen LogP) is 5.52. The van der Waals surface area contributed by atoms with Gasteiger partial charge in [0.05, 0.1) is 19.2 Å². The second-order valence-corrected chi connectivity index (χ2v) is 7.44. The van der Waals surface area contributed by atoms with Crippen LogP contribution in [0.2, 0.25) is 10.2 Å². The van der Waals surface area contributed by atoms with Crippen LogP contribution in [0.15, 0.2) is 20.4 Å². The molecular formula is C10H3Br2Cl2N3S. The average molecular weight is 428 g/mol. The number of nitrogens with one attached hydrogen (secondary N) is 1. The van der Waals surface area contributed by atoms with Gasteiger partial charge in [-0.25, -0.2) is 9.97 Å². The number of rotatable bonds is 1. The first-order chi connectivity index (χ1) is 8.54. The Labute approximate surface area is 133 Å². The number of nitrogens with zero attached hydrogens (tertiary/aromatic N) is 2. The van der Waals surface area contributed by atoms with Crippen LogP contribution in [0.4, 0.5) is 0 Å². The standard InChI is InChI=1S/C10H3Br2Cl2N3S/c11-3-1-6(18-7(3)12)10-15-5-2-4(13)8(14)16-9(5)17-10/h1-2H,(H,15,16,17). The van der Waals surface area contributed by atoms with E-state index in [4.69, 9.17) is 23.2 Å². The number of aromatic amines is 1. The van der Waals surface area contributed by atoms with E-state index in [9.17, 15) is 0 Å². The van der Waals surface area contributed by atoms with E-state index >= 15 is 0 Å². The molecule has 0 spiro atoms. The summed E-state index contributed by atoms with van der Waals surface area (Å²) in [5.74, 6) is 0.743. The summed E-state index contributed by atoms with van der Waals surface area (Å²) in [5.41, 5.74) is 1.32. The molecule has 0 amide bonds. The van der Waals surface area contributed by atoms with E-state index in [1.54, 1.807) is 17.4 Å². The summed E-state index contributed by atoms with van der Waals surface area (Å²) in [7, 11) is 0. The maximum Gasteiger partial charge on any atom is 0.179 e. The Balaban J connectivity index is 2.19. The number of thiophene rings is 1. The molecule has 0 unspecified atom stereocenters. The molecule has 3 aromatic rings. The minimum absolute atomic E-state index is 0.260. The average Bonchev–Trinajstić information content (AvgIpc) is 2.84. The maximum absolute atomic E-state index is 5.92. The number of H-pyrrole nitrogens is 1. The van der Waals surface area contributed by atoms with Crippen molar-refractivity contribution >= 4 is 77.6 Å². The molecule has 1 N–H and O–H groups in total. The van der Waals surface area contributed by atoms with E-state index in [0.29, 0.717) is 10.7 Å². The highest BCUT2D eigenvalue weighted by Crippen LogP contribution is 2.37. The maximum atomic E-state index is 5.92. The van der Waals surface area contributed by atoms with Crippen molar-refractivity contribution in [3.05, 3.63) is 30.6 Å². The van der Waals surface area contributed by atoms with E-state index in [0.717, 1.165) is 24.5 Å². The quantitative estimate of drug-likeness (QED) is 0.519. The number of pyridine rings is 1. The zero-order valence-electron chi connectivity index (χ0n) is 8.47. The highest BCUT2D eigenvalue weighted by molar-refractivity contribution is 9.13. The van der Waals surface area contributed by atoms with Crippen LogP contribution >= 0.6 is 66.4 Å². The summed E-state index contributed by atoms with van der Waals surface area (Å²) in [6, 6.07) is 3.70. The van der Waals surface area contributed by atoms with Crippen LogP contribution in [0.3, 0.4) is 0 Å². The molecule has 0 atom stereocenters. The van der Waals surface area contributed by atoms with Crippen molar-refractivity contribution in [3.63, 3.8) is 0 Å². The lowest BCUT2D eigenvalue weighted by Gasteiger charge is -1.92. The molecule has 92 valence electrons. The van der Waals surface area contributed by atoms with Crippen molar-refractivity contribution in [2.45, 2.75) is 0 Å². The van der Waals surface area contributed by atoms with Gasteiger partial charge >= 0.3 is 0 Å².